The van der Waals surface area contributed by atoms with E-state index in [4.69, 9.17) is 9.84 Å². The summed E-state index contributed by atoms with van der Waals surface area (Å²) in [6.45, 7) is 1.80. The first-order valence-corrected chi connectivity index (χ1v) is 6.38. The maximum absolute atomic E-state index is 13.4. The fourth-order valence-electron chi connectivity index (χ4n) is 1.87. The summed E-state index contributed by atoms with van der Waals surface area (Å²) in [5, 5.41) is 11.5. The van der Waals surface area contributed by atoms with Crippen molar-refractivity contribution in [2.75, 3.05) is 6.54 Å². The monoisotopic (exact) mass is 281 g/mol. The van der Waals surface area contributed by atoms with Crippen molar-refractivity contribution in [1.29, 1.82) is 0 Å². The van der Waals surface area contributed by atoms with Gasteiger partial charge < -0.3 is 15.2 Å². The number of benzene rings is 1. The molecule has 0 aliphatic heterocycles. The van der Waals surface area contributed by atoms with E-state index in [9.17, 15) is 14.0 Å². The number of carboxylic acids is 1. The lowest BCUT2D eigenvalue weighted by atomic mass is 10.1. The molecule has 0 bridgehead atoms. The van der Waals surface area contributed by atoms with Gasteiger partial charge in [-0.1, -0.05) is 12.1 Å². The summed E-state index contributed by atoms with van der Waals surface area (Å²) < 4.78 is 18.7. The first-order chi connectivity index (χ1) is 9.45. The quantitative estimate of drug-likeness (QED) is 0.776. The van der Waals surface area contributed by atoms with E-state index in [0.29, 0.717) is 12.8 Å². The highest BCUT2D eigenvalue weighted by Gasteiger charge is 2.57. The number of para-hydroxylation sites is 1. The van der Waals surface area contributed by atoms with E-state index >= 15 is 0 Å². The Bertz CT molecular complexity index is 528. The standard InChI is InChI=1S/C14H16FNO4/c1-9(20-11-5-3-2-4-10(11)15)8-16-12(17)14(6-7-14)13(18)19/h2-5,9H,6-8H2,1H3,(H,16,17)(H,18,19). The summed E-state index contributed by atoms with van der Waals surface area (Å²) in [5.74, 6) is -1.98. The van der Waals surface area contributed by atoms with Crippen LogP contribution in [0.1, 0.15) is 19.8 Å². The Kier molecular flexibility index (Phi) is 3.92. The Labute approximate surface area is 115 Å². The molecular weight excluding hydrogens is 265 g/mol. The molecule has 0 heterocycles. The number of ether oxygens (including phenoxy) is 1. The molecule has 6 heteroatoms. The van der Waals surface area contributed by atoms with Crippen molar-refractivity contribution < 1.29 is 23.8 Å². The molecule has 1 unspecified atom stereocenters. The van der Waals surface area contributed by atoms with Gasteiger partial charge in [0.15, 0.2) is 11.6 Å². The van der Waals surface area contributed by atoms with Crippen LogP contribution >= 0.6 is 0 Å². The summed E-state index contributed by atoms with van der Waals surface area (Å²) in [5.41, 5.74) is -1.27. The van der Waals surface area contributed by atoms with Gasteiger partial charge in [-0.15, -0.1) is 0 Å². The molecule has 1 amide bonds. The molecule has 0 saturated heterocycles. The average molecular weight is 281 g/mol. The largest absolute Gasteiger partial charge is 0.486 e. The zero-order valence-corrected chi connectivity index (χ0v) is 11.1. The SMILES string of the molecule is CC(CNC(=O)C1(C(=O)O)CC1)Oc1ccccc1F. The lowest BCUT2D eigenvalue weighted by molar-refractivity contribution is -0.149. The second-order valence-corrected chi connectivity index (χ2v) is 4.96. The van der Waals surface area contributed by atoms with E-state index in [2.05, 4.69) is 5.32 Å². The van der Waals surface area contributed by atoms with Crippen molar-refractivity contribution in [2.45, 2.75) is 25.9 Å². The van der Waals surface area contributed by atoms with E-state index in [1.54, 1.807) is 19.1 Å². The third-order valence-electron chi connectivity index (χ3n) is 3.31. The van der Waals surface area contributed by atoms with Crippen LogP contribution < -0.4 is 10.1 Å². The summed E-state index contributed by atoms with van der Waals surface area (Å²) in [7, 11) is 0. The number of amides is 1. The van der Waals surface area contributed by atoms with Gasteiger partial charge in [0, 0.05) is 0 Å². The predicted molar refractivity (Wildman–Crippen MR) is 68.8 cm³/mol. The zero-order chi connectivity index (χ0) is 14.8. The number of hydrogen-bond donors (Lipinski definition) is 2. The van der Waals surface area contributed by atoms with Crippen LogP contribution in [0.25, 0.3) is 0 Å². The topological polar surface area (TPSA) is 75.6 Å². The molecule has 1 atom stereocenters. The molecule has 1 aromatic rings. The number of carbonyl (C=O) groups excluding carboxylic acids is 1. The van der Waals surface area contributed by atoms with Crippen LogP contribution in [0.5, 0.6) is 5.75 Å². The van der Waals surface area contributed by atoms with Gasteiger partial charge in [-0.2, -0.15) is 0 Å². The molecule has 5 nitrogen and oxygen atoms in total. The normalized spacial score (nSPS) is 17.1. The van der Waals surface area contributed by atoms with E-state index < -0.39 is 29.2 Å². The fourth-order valence-corrected chi connectivity index (χ4v) is 1.87. The van der Waals surface area contributed by atoms with Crippen LogP contribution in [-0.4, -0.2) is 29.6 Å². The summed E-state index contributed by atoms with van der Waals surface area (Å²) in [6, 6.07) is 5.98. The van der Waals surface area contributed by atoms with Crippen LogP contribution in [0, 0.1) is 11.2 Å². The molecule has 0 spiro atoms. The van der Waals surface area contributed by atoms with Gasteiger partial charge in [0.25, 0.3) is 0 Å². The lowest BCUT2D eigenvalue weighted by Gasteiger charge is -2.17. The number of halogens is 1. The van der Waals surface area contributed by atoms with Gasteiger partial charge >= 0.3 is 5.97 Å². The molecule has 1 aromatic carbocycles. The van der Waals surface area contributed by atoms with Crippen molar-refractivity contribution in [3.05, 3.63) is 30.1 Å². The third-order valence-corrected chi connectivity index (χ3v) is 3.31. The van der Waals surface area contributed by atoms with Gasteiger partial charge in [-0.25, -0.2) is 4.39 Å². The third kappa shape index (κ3) is 2.89. The summed E-state index contributed by atoms with van der Waals surface area (Å²) in [6.07, 6.45) is 0.258. The van der Waals surface area contributed by atoms with Gasteiger partial charge in [0.05, 0.1) is 6.54 Å². The Morgan fingerprint density at radius 3 is 2.65 bits per heavy atom. The van der Waals surface area contributed by atoms with Crippen molar-refractivity contribution in [3.8, 4) is 5.75 Å². The van der Waals surface area contributed by atoms with Crippen LogP contribution in [0.4, 0.5) is 4.39 Å². The number of aliphatic carboxylic acids is 1. The van der Waals surface area contributed by atoms with Crippen molar-refractivity contribution in [2.24, 2.45) is 5.41 Å². The van der Waals surface area contributed by atoms with Crippen LogP contribution in [-0.2, 0) is 9.59 Å². The Hall–Kier alpha value is -2.11. The maximum atomic E-state index is 13.4. The highest BCUT2D eigenvalue weighted by atomic mass is 19.1. The van der Waals surface area contributed by atoms with Crippen LogP contribution in [0.3, 0.4) is 0 Å². The summed E-state index contributed by atoms with van der Waals surface area (Å²) in [4.78, 5) is 22.7. The molecule has 1 aliphatic rings. The molecule has 2 N–H and O–H groups in total. The second kappa shape index (κ2) is 5.48. The van der Waals surface area contributed by atoms with Gasteiger partial charge in [0.1, 0.15) is 11.5 Å². The van der Waals surface area contributed by atoms with E-state index in [1.807, 2.05) is 0 Å². The van der Waals surface area contributed by atoms with Gasteiger partial charge in [0.2, 0.25) is 5.91 Å². The number of carboxylic acid groups (broad SMARTS) is 1. The smallest absolute Gasteiger partial charge is 0.319 e. The minimum atomic E-state index is -1.27. The highest BCUT2D eigenvalue weighted by molar-refractivity contribution is 6.04. The predicted octanol–water partition coefficient (Wildman–Crippen LogP) is 1.57. The molecular formula is C14H16FNO4. The zero-order valence-electron chi connectivity index (χ0n) is 11.1. The first kappa shape index (κ1) is 14.3. The molecule has 2 rings (SSSR count). The molecule has 1 aliphatic carbocycles. The van der Waals surface area contributed by atoms with Crippen LogP contribution in [0.2, 0.25) is 0 Å². The first-order valence-electron chi connectivity index (χ1n) is 6.38. The molecule has 108 valence electrons. The van der Waals surface area contributed by atoms with Gasteiger partial charge in [-0.05, 0) is 31.9 Å². The molecule has 20 heavy (non-hydrogen) atoms. The number of carbonyl (C=O) groups is 2. The van der Waals surface area contributed by atoms with E-state index in [0.717, 1.165) is 0 Å². The maximum Gasteiger partial charge on any atom is 0.319 e. The molecule has 0 aromatic heterocycles. The minimum Gasteiger partial charge on any atom is -0.486 e. The minimum absolute atomic E-state index is 0.105. The molecule has 1 fully saturated rings. The van der Waals surface area contributed by atoms with E-state index in [-0.39, 0.29) is 12.3 Å². The number of hydrogen-bond acceptors (Lipinski definition) is 3. The van der Waals surface area contributed by atoms with Crippen LogP contribution in [0.15, 0.2) is 24.3 Å². The molecule has 1 saturated carbocycles. The average Bonchev–Trinajstić information content (AvgIpc) is 3.20. The Morgan fingerprint density at radius 2 is 2.10 bits per heavy atom. The Balaban J connectivity index is 1.84. The van der Waals surface area contributed by atoms with Crippen molar-refractivity contribution in [3.63, 3.8) is 0 Å². The van der Waals surface area contributed by atoms with E-state index in [1.165, 1.54) is 12.1 Å². The fraction of sp³-hybridized carbons (Fsp3) is 0.429. The van der Waals surface area contributed by atoms with Gasteiger partial charge in [-0.3, -0.25) is 9.59 Å². The van der Waals surface area contributed by atoms with Crippen molar-refractivity contribution >= 4 is 11.9 Å². The molecule has 0 radical (unpaired) electrons. The second-order valence-electron chi connectivity index (χ2n) is 4.96. The number of nitrogens with one attached hydrogen (secondary N) is 1. The van der Waals surface area contributed by atoms with Crippen molar-refractivity contribution in [1.82, 2.24) is 5.32 Å². The highest BCUT2D eigenvalue weighted by Crippen LogP contribution is 2.46. The Morgan fingerprint density at radius 1 is 1.45 bits per heavy atom. The summed E-state index contributed by atoms with van der Waals surface area (Å²) >= 11 is 0. The lowest BCUT2D eigenvalue weighted by Crippen LogP contribution is -2.41. The number of rotatable bonds is 6.